The molecule has 2 N–H and O–H groups in total. The van der Waals surface area contributed by atoms with Crippen LogP contribution in [0.15, 0.2) is 39.8 Å². The van der Waals surface area contributed by atoms with Crippen LogP contribution in [-0.2, 0) is 19.6 Å². The van der Waals surface area contributed by atoms with E-state index in [1.165, 1.54) is 19.2 Å². The minimum atomic E-state index is -3.90. The van der Waals surface area contributed by atoms with Gasteiger partial charge in [0.25, 0.3) is 0 Å². The van der Waals surface area contributed by atoms with E-state index in [2.05, 4.69) is 15.2 Å². The van der Waals surface area contributed by atoms with Gasteiger partial charge in [0.15, 0.2) is 5.82 Å². The van der Waals surface area contributed by atoms with Gasteiger partial charge in [-0.2, -0.15) is 4.72 Å². The minimum absolute atomic E-state index is 0.0601. The zero-order chi connectivity index (χ0) is 24.9. The van der Waals surface area contributed by atoms with Crippen LogP contribution in [0.1, 0.15) is 19.6 Å². The smallest absolute Gasteiger partial charge is 0.241 e. The van der Waals surface area contributed by atoms with Crippen LogP contribution in [0.25, 0.3) is 0 Å². The second-order valence-electron chi connectivity index (χ2n) is 8.49. The lowest BCUT2D eigenvalue weighted by Gasteiger charge is -2.36. The van der Waals surface area contributed by atoms with Crippen molar-refractivity contribution in [1.82, 2.24) is 19.7 Å². The molecule has 11 nitrogen and oxygen atoms in total. The summed E-state index contributed by atoms with van der Waals surface area (Å²) in [6.07, 6.45) is 0. The Morgan fingerprint density at radius 2 is 1.79 bits per heavy atom. The highest BCUT2D eigenvalue weighted by Gasteiger charge is 2.33. The zero-order valence-electron chi connectivity index (χ0n) is 19.8. The van der Waals surface area contributed by atoms with Gasteiger partial charge in [0.05, 0.1) is 18.6 Å². The summed E-state index contributed by atoms with van der Waals surface area (Å²) in [5, 5.41) is 6.41. The number of rotatable bonds is 9. The third-order valence-electron chi connectivity index (χ3n) is 5.53. The van der Waals surface area contributed by atoms with Crippen LogP contribution < -0.4 is 14.8 Å². The molecule has 1 saturated heterocycles. The van der Waals surface area contributed by atoms with Gasteiger partial charge in [-0.3, -0.25) is 14.5 Å². The SMILES string of the molecule is COc1ccc(S(=O)(=O)N[C@H](C(=O)N2CCN(CC(=O)Nc3cc(C)on3)CC2)C(C)C)cc1. The second kappa shape index (κ2) is 11.0. The number of methoxy groups -OCH3 is 1. The molecule has 2 amide bonds. The van der Waals surface area contributed by atoms with E-state index < -0.39 is 16.1 Å². The van der Waals surface area contributed by atoms with Crippen molar-refractivity contribution in [1.29, 1.82) is 0 Å². The molecule has 1 atom stereocenters. The Balaban J connectivity index is 1.56. The summed E-state index contributed by atoms with van der Waals surface area (Å²) in [7, 11) is -2.40. The maximum atomic E-state index is 13.2. The highest BCUT2D eigenvalue weighted by Crippen LogP contribution is 2.18. The standard InChI is InChI=1S/C22H31N5O6S/c1-15(2)21(25-34(30,31)18-7-5-17(32-4)6-8-18)22(29)27-11-9-26(10-12-27)14-20(28)23-19-13-16(3)33-24-19/h5-8,13,15,21,25H,9-12,14H2,1-4H3,(H,23,24,28)/t21-/m0/s1. The van der Waals surface area contributed by atoms with Gasteiger partial charge in [0, 0.05) is 32.2 Å². The number of amides is 2. The Labute approximate surface area is 199 Å². The van der Waals surface area contributed by atoms with Gasteiger partial charge >= 0.3 is 0 Å². The van der Waals surface area contributed by atoms with E-state index in [0.29, 0.717) is 43.5 Å². The predicted octanol–water partition coefficient (Wildman–Crippen LogP) is 1.08. The van der Waals surface area contributed by atoms with Gasteiger partial charge < -0.3 is 19.5 Å². The van der Waals surface area contributed by atoms with Crippen molar-refractivity contribution in [3.8, 4) is 5.75 Å². The Bertz CT molecular complexity index is 1090. The van der Waals surface area contributed by atoms with Crippen LogP contribution in [0, 0.1) is 12.8 Å². The second-order valence-corrected chi connectivity index (χ2v) is 10.2. The third kappa shape index (κ3) is 6.55. The van der Waals surface area contributed by atoms with E-state index in [1.807, 2.05) is 4.90 Å². The highest BCUT2D eigenvalue weighted by atomic mass is 32.2. The number of anilines is 1. The molecule has 0 radical (unpaired) electrons. The molecule has 1 aliphatic heterocycles. The number of ether oxygens (including phenoxy) is 1. The van der Waals surface area contributed by atoms with Gasteiger partial charge in [0.2, 0.25) is 21.8 Å². The van der Waals surface area contributed by atoms with Gasteiger partial charge in [-0.25, -0.2) is 8.42 Å². The molecule has 2 heterocycles. The molecule has 0 aliphatic carbocycles. The van der Waals surface area contributed by atoms with Gasteiger partial charge in [-0.05, 0) is 37.1 Å². The van der Waals surface area contributed by atoms with Crippen LogP contribution in [0.2, 0.25) is 0 Å². The molecule has 1 aliphatic rings. The molecule has 3 rings (SSSR count). The fourth-order valence-electron chi connectivity index (χ4n) is 3.60. The topological polar surface area (TPSA) is 134 Å². The fraction of sp³-hybridized carbons (Fsp3) is 0.500. The number of nitrogens with zero attached hydrogens (tertiary/aromatic N) is 3. The van der Waals surface area contributed by atoms with E-state index in [1.54, 1.807) is 43.9 Å². The van der Waals surface area contributed by atoms with Crippen LogP contribution >= 0.6 is 0 Å². The zero-order valence-corrected chi connectivity index (χ0v) is 20.6. The Kier molecular flexibility index (Phi) is 8.28. The maximum Gasteiger partial charge on any atom is 0.241 e. The van der Waals surface area contributed by atoms with Crippen molar-refractivity contribution < 1.29 is 27.3 Å². The van der Waals surface area contributed by atoms with Crippen molar-refractivity contribution in [2.75, 3.05) is 45.2 Å². The van der Waals surface area contributed by atoms with E-state index in [0.717, 1.165) is 0 Å². The van der Waals surface area contributed by atoms with Gasteiger partial charge in [0.1, 0.15) is 17.6 Å². The first-order chi connectivity index (χ1) is 16.1. The molecule has 0 spiro atoms. The molecule has 186 valence electrons. The number of aromatic nitrogens is 1. The van der Waals surface area contributed by atoms with E-state index in [9.17, 15) is 18.0 Å². The van der Waals surface area contributed by atoms with E-state index >= 15 is 0 Å². The van der Waals surface area contributed by atoms with Crippen molar-refractivity contribution in [2.24, 2.45) is 5.92 Å². The maximum absolute atomic E-state index is 13.2. The van der Waals surface area contributed by atoms with Crippen LogP contribution in [0.3, 0.4) is 0 Å². The number of piperazine rings is 1. The molecule has 1 fully saturated rings. The summed E-state index contributed by atoms with van der Waals surface area (Å²) < 4.78 is 38.3. The molecule has 0 saturated carbocycles. The highest BCUT2D eigenvalue weighted by molar-refractivity contribution is 7.89. The monoisotopic (exact) mass is 493 g/mol. The van der Waals surface area contributed by atoms with Crippen LogP contribution in [-0.4, -0.2) is 81.1 Å². The molecular formula is C22H31N5O6S. The summed E-state index contributed by atoms with van der Waals surface area (Å²) >= 11 is 0. The van der Waals surface area contributed by atoms with Crippen molar-refractivity contribution in [3.05, 3.63) is 36.1 Å². The number of carbonyl (C=O) groups excluding carboxylic acids is 2. The fourth-order valence-corrected chi connectivity index (χ4v) is 4.93. The van der Waals surface area contributed by atoms with Crippen molar-refractivity contribution >= 4 is 27.7 Å². The third-order valence-corrected chi connectivity index (χ3v) is 6.99. The molecule has 0 unspecified atom stereocenters. The Morgan fingerprint density at radius 3 is 2.32 bits per heavy atom. The number of hydrogen-bond donors (Lipinski definition) is 2. The number of carbonyl (C=O) groups is 2. The molecule has 12 heteroatoms. The lowest BCUT2D eigenvalue weighted by molar-refractivity contribution is -0.135. The average molecular weight is 494 g/mol. The van der Waals surface area contributed by atoms with Gasteiger partial charge in [-0.1, -0.05) is 19.0 Å². The predicted molar refractivity (Wildman–Crippen MR) is 125 cm³/mol. The van der Waals surface area contributed by atoms with E-state index in [4.69, 9.17) is 9.26 Å². The lowest BCUT2D eigenvalue weighted by atomic mass is 10.0. The minimum Gasteiger partial charge on any atom is -0.497 e. The number of aryl methyl sites for hydroxylation is 1. The molecule has 1 aromatic heterocycles. The molecule has 0 bridgehead atoms. The molecule has 2 aromatic rings. The largest absolute Gasteiger partial charge is 0.497 e. The molecular weight excluding hydrogens is 462 g/mol. The molecule has 34 heavy (non-hydrogen) atoms. The van der Waals surface area contributed by atoms with Crippen molar-refractivity contribution in [3.63, 3.8) is 0 Å². The quantitative estimate of drug-likeness (QED) is 0.530. The normalized spacial score (nSPS) is 15.9. The van der Waals surface area contributed by atoms with Gasteiger partial charge in [-0.15, -0.1) is 0 Å². The summed E-state index contributed by atoms with van der Waals surface area (Å²) in [5.74, 6) is 0.744. The van der Waals surface area contributed by atoms with Crippen LogP contribution in [0.4, 0.5) is 5.82 Å². The number of hydrogen-bond acceptors (Lipinski definition) is 8. The summed E-state index contributed by atoms with van der Waals surface area (Å²) in [5.41, 5.74) is 0. The lowest BCUT2D eigenvalue weighted by Crippen LogP contribution is -2.57. The number of nitrogens with one attached hydrogen (secondary N) is 2. The number of benzene rings is 1. The summed E-state index contributed by atoms with van der Waals surface area (Å²) in [6.45, 7) is 7.26. The first-order valence-corrected chi connectivity index (χ1v) is 12.5. The Morgan fingerprint density at radius 1 is 1.15 bits per heavy atom. The molecule has 1 aromatic carbocycles. The van der Waals surface area contributed by atoms with Crippen molar-refractivity contribution in [2.45, 2.75) is 31.7 Å². The van der Waals surface area contributed by atoms with E-state index in [-0.39, 0.29) is 29.2 Å². The summed E-state index contributed by atoms with van der Waals surface area (Å²) in [4.78, 5) is 29.0. The Hall–Kier alpha value is -2.96. The first-order valence-electron chi connectivity index (χ1n) is 11.0. The van der Waals surface area contributed by atoms with Crippen LogP contribution in [0.5, 0.6) is 5.75 Å². The number of sulfonamides is 1. The average Bonchev–Trinajstić information content (AvgIpc) is 3.21. The summed E-state index contributed by atoms with van der Waals surface area (Å²) in [6, 6.07) is 6.71. The first kappa shape index (κ1) is 25.7.